The number of benzene rings is 1. The number of nitrogens with zero attached hydrogens (tertiary/aromatic N) is 3. The summed E-state index contributed by atoms with van der Waals surface area (Å²) in [4.78, 5) is 24.9. The van der Waals surface area contributed by atoms with Gasteiger partial charge in [0, 0.05) is 17.8 Å². The van der Waals surface area contributed by atoms with E-state index >= 15 is 0 Å². The third-order valence-electron chi connectivity index (χ3n) is 4.54. The second-order valence-electron chi connectivity index (χ2n) is 10.6. The third kappa shape index (κ3) is 11.2. The number of unbranched alkanes of at least 4 members (excludes halogenated alkanes) is 1. The van der Waals surface area contributed by atoms with E-state index in [-0.39, 0.29) is 17.5 Å². The molecule has 0 spiro atoms. The number of esters is 1. The van der Waals surface area contributed by atoms with E-state index in [0.29, 0.717) is 36.3 Å². The summed E-state index contributed by atoms with van der Waals surface area (Å²) in [5, 5.41) is 6.37. The van der Waals surface area contributed by atoms with Crippen LogP contribution in [-0.2, 0) is 13.0 Å². The molecule has 0 bridgehead atoms. The van der Waals surface area contributed by atoms with Crippen LogP contribution in [0.25, 0.3) is 0 Å². The monoisotopic (exact) mass is 549 g/mol. The normalized spacial score (nSPS) is 12.9. The maximum absolute atomic E-state index is 12.1. The van der Waals surface area contributed by atoms with Crippen molar-refractivity contribution < 1.29 is 17.8 Å². The highest BCUT2D eigenvalue weighted by Gasteiger charge is 2.34. The number of aromatic nitrogens is 3. The Bertz CT molecular complexity index is 967. The second-order valence-corrected chi connectivity index (χ2v) is 22.3. The fraction of sp³-hybridized carbons (Fsp3) is 0.565. The predicted molar refractivity (Wildman–Crippen MR) is 152 cm³/mol. The highest BCUT2D eigenvalue weighted by molar-refractivity contribution is 6.81. The van der Waals surface area contributed by atoms with Crippen LogP contribution >= 0.6 is 0 Å². The van der Waals surface area contributed by atoms with Crippen LogP contribution in [0, 0.1) is 0 Å². The topological polar surface area (TPSA) is 134 Å². The van der Waals surface area contributed by atoms with Gasteiger partial charge in [-0.25, -0.2) is 4.79 Å². The number of ether oxygens (including phenoxy) is 1. The van der Waals surface area contributed by atoms with E-state index in [0.717, 1.165) is 12.8 Å². The van der Waals surface area contributed by atoms with Crippen molar-refractivity contribution in [2.24, 2.45) is 0 Å². The molecule has 1 unspecified atom stereocenters. The summed E-state index contributed by atoms with van der Waals surface area (Å²) in [5.41, 5.74) is 7.29. The molecule has 199 valence electrons. The lowest BCUT2D eigenvalue weighted by Gasteiger charge is -2.32. The summed E-state index contributed by atoms with van der Waals surface area (Å²) < 4.78 is 18.1. The number of nitrogens with one attached hydrogen (secondary N) is 2. The van der Waals surface area contributed by atoms with Crippen LogP contribution in [0.15, 0.2) is 24.3 Å². The van der Waals surface area contributed by atoms with Gasteiger partial charge in [-0.1, -0.05) is 20.3 Å². The molecule has 0 amide bonds. The first-order valence-electron chi connectivity index (χ1n) is 12.3. The average Bonchev–Trinajstić information content (AvgIpc) is 2.75. The van der Waals surface area contributed by atoms with Crippen molar-refractivity contribution in [2.45, 2.75) is 71.5 Å². The zero-order valence-electron chi connectivity index (χ0n) is 22.8. The number of hydrogen-bond donors (Lipinski definition) is 3. The van der Waals surface area contributed by atoms with Gasteiger partial charge in [-0.05, 0) is 70.0 Å². The molecule has 2 aromatic rings. The zero-order valence-corrected chi connectivity index (χ0v) is 25.8. The van der Waals surface area contributed by atoms with E-state index in [1.54, 1.807) is 24.3 Å². The first-order valence-corrected chi connectivity index (χ1v) is 20.5. The lowest BCUT2D eigenvalue weighted by molar-refractivity contribution is 0.0499. The van der Waals surface area contributed by atoms with E-state index < -0.39 is 25.9 Å². The van der Waals surface area contributed by atoms with Gasteiger partial charge in [0.2, 0.25) is 17.8 Å². The average molecular weight is 550 g/mol. The number of nitrogens with two attached hydrogens (primary N) is 1. The molecule has 2 rings (SSSR count). The standard InChI is InChI=1S/C23H41N6O4Si3/c1-9-10-15-31-20(30)18-11-13-19(14-12-18)26-23-28-21(24)27-22(29-23)25-16-17(2)34(32-35(3,4)5)33-36(6,7)8/h11-14,17H,9-10,15-16H2,1-8H3,(H4,24,25,26,27,28,29). The van der Waals surface area contributed by atoms with E-state index in [2.05, 4.69) is 71.8 Å². The molecule has 36 heavy (non-hydrogen) atoms. The Morgan fingerprint density at radius 2 is 1.58 bits per heavy atom. The lowest BCUT2D eigenvalue weighted by Crippen LogP contribution is -2.46. The quantitative estimate of drug-likeness (QED) is 0.165. The molecular formula is C23H41N6O4Si3. The molecule has 1 atom stereocenters. The van der Waals surface area contributed by atoms with Crippen LogP contribution in [0.3, 0.4) is 0 Å². The molecular weight excluding hydrogens is 509 g/mol. The number of rotatable bonds is 14. The summed E-state index contributed by atoms with van der Waals surface area (Å²) in [6.07, 6.45) is 1.82. The molecule has 0 aliphatic carbocycles. The highest BCUT2D eigenvalue weighted by atomic mass is 28.4. The van der Waals surface area contributed by atoms with E-state index in [1.165, 1.54) is 0 Å². The maximum Gasteiger partial charge on any atom is 0.367 e. The minimum atomic E-state index is -1.76. The Labute approximate surface area is 218 Å². The summed E-state index contributed by atoms with van der Waals surface area (Å²) in [7, 11) is -5.00. The molecule has 1 radical (unpaired) electrons. The molecule has 13 heteroatoms. The van der Waals surface area contributed by atoms with Gasteiger partial charge in [-0.15, -0.1) is 0 Å². The lowest BCUT2D eigenvalue weighted by atomic mass is 10.2. The Kier molecular flexibility index (Phi) is 11.0. The smallest absolute Gasteiger partial charge is 0.367 e. The molecule has 0 fully saturated rings. The predicted octanol–water partition coefficient (Wildman–Crippen LogP) is 5.15. The fourth-order valence-corrected chi connectivity index (χ4v) is 10.1. The van der Waals surface area contributed by atoms with Crippen LogP contribution in [0.5, 0.6) is 0 Å². The summed E-state index contributed by atoms with van der Waals surface area (Å²) >= 11 is 0. The van der Waals surface area contributed by atoms with E-state index in [4.69, 9.17) is 18.7 Å². The first kappa shape index (κ1) is 29.9. The van der Waals surface area contributed by atoms with Crippen LogP contribution in [0.1, 0.15) is 37.0 Å². The van der Waals surface area contributed by atoms with Crippen LogP contribution < -0.4 is 16.4 Å². The van der Waals surface area contributed by atoms with Crippen molar-refractivity contribution in [3.8, 4) is 0 Å². The van der Waals surface area contributed by atoms with E-state index in [1.807, 2.05) is 6.92 Å². The third-order valence-corrected chi connectivity index (χ3v) is 12.1. The van der Waals surface area contributed by atoms with Gasteiger partial charge in [-0.3, -0.25) is 0 Å². The number of hydrogen-bond acceptors (Lipinski definition) is 10. The molecule has 1 aromatic heterocycles. The van der Waals surface area contributed by atoms with Crippen molar-refractivity contribution in [3.63, 3.8) is 0 Å². The Morgan fingerprint density at radius 3 is 2.14 bits per heavy atom. The van der Waals surface area contributed by atoms with Gasteiger partial charge in [-0.2, -0.15) is 15.0 Å². The Balaban J connectivity index is 2.03. The molecule has 10 nitrogen and oxygen atoms in total. The van der Waals surface area contributed by atoms with Crippen LogP contribution in [0.2, 0.25) is 44.8 Å². The minimum absolute atomic E-state index is 0.0982. The van der Waals surface area contributed by atoms with Gasteiger partial charge in [0.1, 0.15) is 0 Å². The highest BCUT2D eigenvalue weighted by Crippen LogP contribution is 2.22. The zero-order chi connectivity index (χ0) is 26.9. The number of nitrogen functional groups attached to an aromatic ring is 1. The molecule has 0 aliphatic heterocycles. The minimum Gasteiger partial charge on any atom is -0.462 e. The van der Waals surface area contributed by atoms with Crippen molar-refractivity contribution in [3.05, 3.63) is 29.8 Å². The Morgan fingerprint density at radius 1 is 1.00 bits per heavy atom. The van der Waals surface area contributed by atoms with Gasteiger partial charge < -0.3 is 29.3 Å². The molecule has 4 N–H and O–H groups in total. The Hall–Kier alpha value is -2.33. The first-order chi connectivity index (χ1) is 16.8. The summed E-state index contributed by atoms with van der Waals surface area (Å²) in [5.74, 6) is 0.437. The molecule has 0 saturated carbocycles. The maximum atomic E-state index is 12.1. The molecule has 0 saturated heterocycles. The van der Waals surface area contributed by atoms with Gasteiger partial charge in [0.25, 0.3) is 0 Å². The molecule has 1 aromatic carbocycles. The fourth-order valence-electron chi connectivity index (χ4n) is 2.89. The van der Waals surface area contributed by atoms with Crippen LogP contribution in [0.4, 0.5) is 23.5 Å². The van der Waals surface area contributed by atoms with Gasteiger partial charge in [0.15, 0.2) is 16.6 Å². The number of anilines is 4. The number of carbonyl (C=O) groups excluding carboxylic acids is 1. The van der Waals surface area contributed by atoms with Gasteiger partial charge in [0.05, 0.1) is 12.2 Å². The van der Waals surface area contributed by atoms with Gasteiger partial charge >= 0.3 is 15.3 Å². The van der Waals surface area contributed by atoms with Crippen LogP contribution in [-0.4, -0.2) is 60.0 Å². The summed E-state index contributed by atoms with van der Waals surface area (Å²) in [6.45, 7) is 18.3. The van der Waals surface area contributed by atoms with Crippen molar-refractivity contribution in [1.29, 1.82) is 0 Å². The van der Waals surface area contributed by atoms with Crippen molar-refractivity contribution >= 4 is 55.4 Å². The summed E-state index contributed by atoms with van der Waals surface area (Å²) in [6, 6.07) is 6.93. The van der Waals surface area contributed by atoms with Crippen molar-refractivity contribution in [1.82, 2.24) is 15.0 Å². The number of carbonyl (C=O) groups is 1. The molecule has 1 heterocycles. The van der Waals surface area contributed by atoms with E-state index in [9.17, 15) is 4.79 Å². The largest absolute Gasteiger partial charge is 0.462 e. The second kappa shape index (κ2) is 13.3. The molecule has 0 aliphatic rings. The van der Waals surface area contributed by atoms with Crippen molar-refractivity contribution in [2.75, 3.05) is 29.5 Å². The SMILES string of the molecule is CCCCOC(=O)c1ccc(Nc2nc(N)nc(NCC(C)[Si](O[Si](C)(C)C)O[Si](C)(C)C)n2)cc1.